The highest BCUT2D eigenvalue weighted by atomic mass is 15.1. The van der Waals surface area contributed by atoms with Crippen LogP contribution in [-0.4, -0.2) is 37.6 Å². The Bertz CT molecular complexity index is 143. The van der Waals surface area contributed by atoms with Gasteiger partial charge in [-0.15, -0.1) is 6.58 Å². The lowest BCUT2D eigenvalue weighted by molar-refractivity contribution is 0.239. The summed E-state index contributed by atoms with van der Waals surface area (Å²) in [5.74, 6) is 0.797. The molecule has 0 spiro atoms. The molecule has 1 atom stereocenters. The van der Waals surface area contributed by atoms with E-state index in [4.69, 9.17) is 0 Å². The highest BCUT2D eigenvalue weighted by molar-refractivity contribution is 4.73. The monoisotopic (exact) mass is 198 g/mol. The maximum absolute atomic E-state index is 3.69. The molecule has 14 heavy (non-hydrogen) atoms. The highest BCUT2D eigenvalue weighted by Gasteiger charge is 2.08. The van der Waals surface area contributed by atoms with E-state index in [-0.39, 0.29) is 0 Å². The molecule has 0 saturated carbocycles. The molecule has 0 rings (SSSR count). The van der Waals surface area contributed by atoms with Crippen molar-refractivity contribution in [3.05, 3.63) is 12.7 Å². The van der Waals surface area contributed by atoms with Gasteiger partial charge in [0.1, 0.15) is 0 Å². The van der Waals surface area contributed by atoms with E-state index in [1.165, 1.54) is 13.0 Å². The van der Waals surface area contributed by atoms with Gasteiger partial charge < -0.3 is 10.2 Å². The van der Waals surface area contributed by atoms with Gasteiger partial charge in [0.15, 0.2) is 0 Å². The molecule has 0 aliphatic rings. The van der Waals surface area contributed by atoms with Crippen molar-refractivity contribution >= 4 is 0 Å². The van der Waals surface area contributed by atoms with Crippen LogP contribution in [0.5, 0.6) is 0 Å². The van der Waals surface area contributed by atoms with Crippen LogP contribution in [0.3, 0.4) is 0 Å². The molecule has 0 aromatic heterocycles. The molecule has 0 fully saturated rings. The van der Waals surface area contributed by atoms with Gasteiger partial charge >= 0.3 is 0 Å². The van der Waals surface area contributed by atoms with Crippen LogP contribution in [0.15, 0.2) is 12.7 Å². The molecule has 0 amide bonds. The third-order valence-corrected chi connectivity index (χ3v) is 2.54. The highest BCUT2D eigenvalue weighted by Crippen LogP contribution is 2.03. The molecular weight excluding hydrogens is 172 g/mol. The molecular formula is C12H26N2. The van der Waals surface area contributed by atoms with Crippen LogP contribution in [-0.2, 0) is 0 Å². The number of nitrogens with one attached hydrogen (secondary N) is 1. The van der Waals surface area contributed by atoms with Crippen molar-refractivity contribution in [3.63, 3.8) is 0 Å². The van der Waals surface area contributed by atoms with Crippen LogP contribution in [0.2, 0.25) is 0 Å². The number of hydrogen-bond acceptors (Lipinski definition) is 2. The Morgan fingerprint density at radius 1 is 1.36 bits per heavy atom. The molecule has 1 unspecified atom stereocenters. The van der Waals surface area contributed by atoms with E-state index in [1.807, 2.05) is 6.08 Å². The zero-order valence-electron chi connectivity index (χ0n) is 10.2. The summed E-state index contributed by atoms with van der Waals surface area (Å²) in [6.07, 6.45) is 3.18. The van der Waals surface area contributed by atoms with Crippen molar-refractivity contribution in [1.29, 1.82) is 0 Å². The fourth-order valence-electron chi connectivity index (χ4n) is 1.23. The zero-order chi connectivity index (χ0) is 11.0. The zero-order valence-corrected chi connectivity index (χ0v) is 10.2. The first-order valence-electron chi connectivity index (χ1n) is 5.59. The van der Waals surface area contributed by atoms with Crippen molar-refractivity contribution in [3.8, 4) is 0 Å². The van der Waals surface area contributed by atoms with Crippen molar-refractivity contribution in [2.75, 3.05) is 26.7 Å². The fourth-order valence-corrected chi connectivity index (χ4v) is 1.23. The average Bonchev–Trinajstić information content (AvgIpc) is 2.14. The molecule has 84 valence electrons. The van der Waals surface area contributed by atoms with E-state index >= 15 is 0 Å². The topological polar surface area (TPSA) is 15.3 Å². The van der Waals surface area contributed by atoms with Gasteiger partial charge in [0.25, 0.3) is 0 Å². The summed E-state index contributed by atoms with van der Waals surface area (Å²) in [7, 11) is 2.20. The standard InChI is InChI=1S/C12H26N2/c1-6-8-13-10-12(4)14(5)9-7-11(2)3/h6,11-13H,1,7-10H2,2-5H3. The predicted octanol–water partition coefficient (Wildman–Crippen LogP) is 2.13. The van der Waals surface area contributed by atoms with Gasteiger partial charge in [-0.2, -0.15) is 0 Å². The smallest absolute Gasteiger partial charge is 0.0189 e. The third kappa shape index (κ3) is 7.10. The molecule has 2 heteroatoms. The first-order valence-corrected chi connectivity index (χ1v) is 5.59. The fraction of sp³-hybridized carbons (Fsp3) is 0.833. The van der Waals surface area contributed by atoms with Crippen LogP contribution < -0.4 is 5.32 Å². The maximum atomic E-state index is 3.69. The van der Waals surface area contributed by atoms with Crippen LogP contribution in [0.4, 0.5) is 0 Å². The molecule has 0 saturated heterocycles. The quantitative estimate of drug-likeness (QED) is 0.475. The second-order valence-electron chi connectivity index (χ2n) is 4.46. The van der Waals surface area contributed by atoms with E-state index in [0.29, 0.717) is 6.04 Å². The Morgan fingerprint density at radius 2 is 2.00 bits per heavy atom. The van der Waals surface area contributed by atoms with Crippen LogP contribution in [0.25, 0.3) is 0 Å². The Labute approximate surface area is 89.4 Å². The van der Waals surface area contributed by atoms with Gasteiger partial charge in [-0.1, -0.05) is 19.9 Å². The SMILES string of the molecule is C=CCNCC(C)N(C)CCC(C)C. The summed E-state index contributed by atoms with van der Waals surface area (Å²) in [5, 5.41) is 3.34. The second kappa shape index (κ2) is 8.01. The van der Waals surface area contributed by atoms with Crippen LogP contribution in [0.1, 0.15) is 27.2 Å². The van der Waals surface area contributed by atoms with Crippen molar-refractivity contribution < 1.29 is 0 Å². The Kier molecular flexibility index (Phi) is 7.81. The number of hydrogen-bond donors (Lipinski definition) is 1. The lowest BCUT2D eigenvalue weighted by Crippen LogP contribution is -2.38. The van der Waals surface area contributed by atoms with Gasteiger partial charge in [0, 0.05) is 19.1 Å². The summed E-state index contributed by atoms with van der Waals surface area (Å²) >= 11 is 0. The van der Waals surface area contributed by atoms with Gasteiger partial charge in [-0.25, -0.2) is 0 Å². The molecule has 0 aromatic rings. The normalized spacial score (nSPS) is 13.6. The summed E-state index contributed by atoms with van der Waals surface area (Å²) in [5.41, 5.74) is 0. The minimum atomic E-state index is 0.605. The summed E-state index contributed by atoms with van der Waals surface area (Å²) in [6, 6.07) is 0.605. The molecule has 2 nitrogen and oxygen atoms in total. The third-order valence-electron chi connectivity index (χ3n) is 2.54. The van der Waals surface area contributed by atoms with E-state index in [9.17, 15) is 0 Å². The summed E-state index contributed by atoms with van der Waals surface area (Å²) in [4.78, 5) is 2.41. The first-order chi connectivity index (χ1) is 6.57. The van der Waals surface area contributed by atoms with Crippen LogP contribution in [0, 0.1) is 5.92 Å². The first kappa shape index (κ1) is 13.7. The van der Waals surface area contributed by atoms with Gasteiger partial charge in [-0.05, 0) is 32.9 Å². The Morgan fingerprint density at radius 3 is 2.50 bits per heavy atom. The predicted molar refractivity (Wildman–Crippen MR) is 64.6 cm³/mol. The second-order valence-corrected chi connectivity index (χ2v) is 4.46. The van der Waals surface area contributed by atoms with E-state index in [2.05, 4.69) is 44.6 Å². The lowest BCUT2D eigenvalue weighted by Gasteiger charge is -2.25. The Balaban J connectivity index is 3.53. The molecule has 1 N–H and O–H groups in total. The maximum Gasteiger partial charge on any atom is 0.0189 e. The van der Waals surface area contributed by atoms with Crippen molar-refractivity contribution in [1.82, 2.24) is 10.2 Å². The minimum absolute atomic E-state index is 0.605. The number of rotatable bonds is 8. The molecule has 0 aliphatic heterocycles. The molecule has 0 aliphatic carbocycles. The van der Waals surface area contributed by atoms with Crippen LogP contribution >= 0.6 is 0 Å². The summed E-state index contributed by atoms with van der Waals surface area (Å²) < 4.78 is 0. The largest absolute Gasteiger partial charge is 0.312 e. The van der Waals surface area contributed by atoms with Gasteiger partial charge in [0.2, 0.25) is 0 Å². The van der Waals surface area contributed by atoms with E-state index in [0.717, 1.165) is 19.0 Å². The molecule has 0 bridgehead atoms. The minimum Gasteiger partial charge on any atom is -0.312 e. The lowest BCUT2D eigenvalue weighted by atomic mass is 10.1. The van der Waals surface area contributed by atoms with Gasteiger partial charge in [-0.3, -0.25) is 0 Å². The molecule has 0 radical (unpaired) electrons. The Hall–Kier alpha value is -0.340. The number of likely N-dealkylation sites (N-methyl/N-ethyl adjacent to an activating group) is 1. The average molecular weight is 198 g/mol. The van der Waals surface area contributed by atoms with Crippen molar-refractivity contribution in [2.24, 2.45) is 5.92 Å². The molecule has 0 aromatic carbocycles. The van der Waals surface area contributed by atoms with Gasteiger partial charge in [0.05, 0.1) is 0 Å². The number of nitrogens with zero attached hydrogens (tertiary/aromatic N) is 1. The van der Waals surface area contributed by atoms with Crippen molar-refractivity contribution in [2.45, 2.75) is 33.2 Å². The molecule has 0 heterocycles. The van der Waals surface area contributed by atoms with E-state index in [1.54, 1.807) is 0 Å². The van der Waals surface area contributed by atoms with E-state index < -0.39 is 0 Å². The summed E-state index contributed by atoms with van der Waals surface area (Å²) in [6.45, 7) is 13.6.